The van der Waals surface area contributed by atoms with Crippen LogP contribution in [0.2, 0.25) is 0 Å². The van der Waals surface area contributed by atoms with E-state index in [1.54, 1.807) is 16.1 Å². The van der Waals surface area contributed by atoms with Crippen molar-refractivity contribution in [3.63, 3.8) is 0 Å². The fourth-order valence-electron chi connectivity index (χ4n) is 13.3. The van der Waals surface area contributed by atoms with Crippen molar-refractivity contribution < 1.29 is 32.7 Å². The summed E-state index contributed by atoms with van der Waals surface area (Å²) in [6, 6.07) is 30.7. The summed E-state index contributed by atoms with van der Waals surface area (Å²) in [7, 11) is -1.37. The molecule has 21 heteroatoms. The largest absolute Gasteiger partial charge is 0.463 e. The summed E-state index contributed by atoms with van der Waals surface area (Å²) in [4.78, 5) is 60.6. The summed E-state index contributed by atoms with van der Waals surface area (Å²) in [6.07, 6.45) is 5.13. The smallest absolute Gasteiger partial charge is 0.410 e. The van der Waals surface area contributed by atoms with Gasteiger partial charge in [-0.05, 0) is 115 Å². The molecule has 2 aromatic heterocycles. The van der Waals surface area contributed by atoms with Gasteiger partial charge in [-0.25, -0.2) is 19.6 Å². The zero-order valence-corrected chi connectivity index (χ0v) is 53.3. The predicted molar refractivity (Wildman–Crippen MR) is 341 cm³/mol. The Morgan fingerprint density at radius 3 is 1.65 bits per heavy atom. The summed E-state index contributed by atoms with van der Waals surface area (Å²) in [5.41, 5.74) is 7.57. The Bertz CT molecular complexity index is 3690. The second-order valence-corrected chi connectivity index (χ2v) is 27.4. The molecule has 6 aliphatic heterocycles. The molecule has 0 spiro atoms. The fourth-order valence-corrected chi connectivity index (χ4v) is 13.7. The number of ether oxygens (including phenoxy) is 4. The van der Waals surface area contributed by atoms with Crippen molar-refractivity contribution in [2.45, 2.75) is 148 Å². The van der Waals surface area contributed by atoms with Crippen molar-refractivity contribution in [2.75, 3.05) is 105 Å². The number of carbonyl (C=O) groups excluding carboxylic acids is 2. The number of rotatable bonds is 12. The summed E-state index contributed by atoms with van der Waals surface area (Å²) in [6.45, 7) is 24.5. The Balaban J connectivity index is 0.000000185. The van der Waals surface area contributed by atoms with Crippen molar-refractivity contribution in [3.8, 4) is 18.1 Å². The number of likely N-dealkylation sites (tertiary alicyclic amines) is 1. The molecule has 2 amide bonds. The van der Waals surface area contributed by atoms with Gasteiger partial charge in [-0.2, -0.15) is 20.5 Å². The number of hydrogen-bond donors (Lipinski definition) is 0. The number of hydrogen-bond acceptors (Lipinski definition) is 18. The number of benzene rings is 4. The van der Waals surface area contributed by atoms with E-state index in [2.05, 4.69) is 123 Å². The number of aromatic nitrogens is 4. The molecular formula is C67H83N13O7S. The van der Waals surface area contributed by atoms with Gasteiger partial charge in [0, 0.05) is 111 Å². The Hall–Kier alpha value is -7.85. The van der Waals surface area contributed by atoms with Crippen LogP contribution in [0, 0.1) is 36.5 Å². The molecule has 0 aliphatic carbocycles. The highest BCUT2D eigenvalue weighted by atomic mass is 32.2. The van der Waals surface area contributed by atoms with Crippen LogP contribution in [0.1, 0.15) is 101 Å². The van der Waals surface area contributed by atoms with Crippen LogP contribution in [0.3, 0.4) is 0 Å². The second kappa shape index (κ2) is 26.1. The van der Waals surface area contributed by atoms with E-state index in [1.165, 1.54) is 44.0 Å². The summed E-state index contributed by atoms with van der Waals surface area (Å²) >= 11 is 0. The minimum absolute atomic E-state index is 0.184. The quantitative estimate of drug-likeness (QED) is 0.0824. The van der Waals surface area contributed by atoms with Crippen LogP contribution in [-0.4, -0.2) is 171 Å². The van der Waals surface area contributed by atoms with Gasteiger partial charge in [0.15, 0.2) is 0 Å². The molecule has 6 aromatic rings. The van der Waals surface area contributed by atoms with Gasteiger partial charge in [-0.15, -0.1) is 0 Å². The number of nitriles is 2. The van der Waals surface area contributed by atoms with E-state index in [0.29, 0.717) is 82.3 Å². The van der Waals surface area contributed by atoms with Gasteiger partial charge in [0.05, 0.1) is 91.7 Å². The number of amides is 2. The van der Waals surface area contributed by atoms with Gasteiger partial charge >= 0.3 is 18.2 Å². The highest BCUT2D eigenvalue weighted by Crippen LogP contribution is 2.38. The third-order valence-electron chi connectivity index (χ3n) is 17.3. The van der Waals surface area contributed by atoms with E-state index in [4.69, 9.17) is 38.9 Å². The lowest BCUT2D eigenvalue weighted by Gasteiger charge is -2.42. The molecule has 4 fully saturated rings. The summed E-state index contributed by atoms with van der Waals surface area (Å²) in [5, 5.41) is 24.4. The van der Waals surface area contributed by atoms with Crippen molar-refractivity contribution in [2.24, 2.45) is 0 Å². The predicted octanol–water partition coefficient (Wildman–Crippen LogP) is 9.66. The topological polar surface area (TPSA) is 210 Å². The molecule has 20 nitrogen and oxygen atoms in total. The first-order chi connectivity index (χ1) is 42.2. The Morgan fingerprint density at radius 2 is 1.17 bits per heavy atom. The van der Waals surface area contributed by atoms with E-state index < -0.39 is 28.1 Å². The minimum atomic E-state index is -1.37. The van der Waals surface area contributed by atoms with Crippen LogP contribution < -0.4 is 24.3 Å². The average Bonchev–Trinajstić information content (AvgIpc) is 2.04. The lowest BCUT2D eigenvalue weighted by Crippen LogP contribution is -2.56. The Kier molecular flexibility index (Phi) is 18.3. The molecule has 88 heavy (non-hydrogen) atoms. The number of nitrogens with zero attached hydrogens (tertiary/aromatic N) is 13. The molecule has 3 unspecified atom stereocenters. The summed E-state index contributed by atoms with van der Waals surface area (Å²) in [5.74, 6) is 1.61. The lowest BCUT2D eigenvalue weighted by atomic mass is 10.00. The molecule has 6 aliphatic rings. The van der Waals surface area contributed by atoms with Crippen LogP contribution in [0.15, 0.2) is 78.0 Å². The van der Waals surface area contributed by atoms with Crippen molar-refractivity contribution in [1.29, 1.82) is 10.5 Å². The van der Waals surface area contributed by atoms with E-state index in [9.17, 15) is 24.3 Å². The maximum absolute atomic E-state index is 13.1. The van der Waals surface area contributed by atoms with Crippen LogP contribution in [0.25, 0.3) is 21.5 Å². The molecule has 2 bridgehead atoms. The van der Waals surface area contributed by atoms with Gasteiger partial charge < -0.3 is 48.3 Å². The number of aryl methyl sites for hydroxylation is 2. The highest BCUT2D eigenvalue weighted by Gasteiger charge is 2.40. The van der Waals surface area contributed by atoms with Crippen LogP contribution >= 0.6 is 0 Å². The van der Waals surface area contributed by atoms with Crippen molar-refractivity contribution in [3.05, 3.63) is 106 Å². The molecule has 4 saturated heterocycles. The fraction of sp³-hybridized carbons (Fsp3) is 0.522. The maximum atomic E-state index is 13.1. The van der Waals surface area contributed by atoms with Crippen molar-refractivity contribution in [1.82, 2.24) is 34.6 Å². The van der Waals surface area contributed by atoms with E-state index >= 15 is 0 Å². The molecule has 4 aromatic carbocycles. The van der Waals surface area contributed by atoms with Crippen LogP contribution in [-0.2, 0) is 50.9 Å². The zero-order chi connectivity index (χ0) is 62.0. The van der Waals surface area contributed by atoms with E-state index in [0.717, 1.165) is 92.6 Å². The number of piperazine rings is 2. The molecule has 12 rings (SSSR count). The standard InChI is InChI=1S/C37H47N7O4.C30H36N6O3S/c1-25-18-26-8-5-6-9-30(26)33(19-25)42-14-11-31-32(23-42)39-35(46-17-7-13-41-22-29-20-28(41)24-47-29)40-34(31)43-15-16-44(27(21-43)10-12-38)36(45)48-37(2,3)4;1-20-16-21-8-6-7-9-23(21)26(17-20)34-13-11-24-25(19-34)32-28(40(5)38)33-27(24)35-14-15-36(22(18-35)10-12-31)29(37)39-30(2,3)4/h5-6,8-9,18-19,27-29H,7,10-11,13-17,20-24H2,1-4H3;6-9,16-17,22H,10-11,13-15,18-19H2,1-5H3/t27?,28-,29-;/m0./s1. The second-order valence-electron chi connectivity index (χ2n) is 26.1. The molecule has 0 saturated carbocycles. The number of fused-ring (bicyclic) bond motifs is 6. The highest BCUT2D eigenvalue weighted by molar-refractivity contribution is 7.84. The first-order valence-electron chi connectivity index (χ1n) is 31.0. The maximum Gasteiger partial charge on any atom is 0.410 e. The third kappa shape index (κ3) is 14.0. The number of carbonyl (C=O) groups is 2. The number of morpholine rings is 1. The normalized spacial score (nSPS) is 20.6. The van der Waals surface area contributed by atoms with Gasteiger partial charge in [-0.1, -0.05) is 60.7 Å². The van der Waals surface area contributed by atoms with Gasteiger partial charge in [0.2, 0.25) is 5.16 Å². The van der Waals surface area contributed by atoms with E-state index in [-0.39, 0.29) is 31.0 Å². The summed E-state index contributed by atoms with van der Waals surface area (Å²) < 4.78 is 36.0. The SMILES string of the molecule is Cc1cc(N2CCc3c(nc(OCCCN4C[C@@H]5C[C@H]4CO5)nc3N3CCN(C(=O)OC(C)(C)C)C(CC#N)C3)C2)c2ccccc2c1.Cc1cc(N2CCc3c(nc(S(C)=O)nc3N3CCN(C(=O)OC(C)(C)C)C(CC#N)C3)C2)c2ccccc2c1. The molecule has 5 atom stereocenters. The van der Waals surface area contributed by atoms with Crippen LogP contribution in [0.5, 0.6) is 6.01 Å². The Morgan fingerprint density at radius 1 is 0.659 bits per heavy atom. The lowest BCUT2D eigenvalue weighted by molar-refractivity contribution is 0.0134. The van der Waals surface area contributed by atoms with Gasteiger partial charge in [0.1, 0.15) is 22.8 Å². The van der Waals surface area contributed by atoms with Gasteiger partial charge in [0.25, 0.3) is 0 Å². The van der Waals surface area contributed by atoms with E-state index in [1.807, 2.05) is 41.5 Å². The molecule has 0 N–H and O–H groups in total. The molecule has 464 valence electrons. The molecule has 0 radical (unpaired) electrons. The molecule has 8 heterocycles. The first kappa shape index (κ1) is 61.8. The molecular weight excluding hydrogens is 1130 g/mol. The average molecular weight is 1210 g/mol. The van der Waals surface area contributed by atoms with Crippen molar-refractivity contribution >= 4 is 67.5 Å². The Labute approximate surface area is 519 Å². The third-order valence-corrected chi connectivity index (χ3v) is 18.0. The first-order valence-corrected chi connectivity index (χ1v) is 32.6. The number of anilines is 4. The monoisotopic (exact) mass is 1210 g/mol. The minimum Gasteiger partial charge on any atom is -0.463 e. The van der Waals surface area contributed by atoms with Crippen LogP contribution in [0.4, 0.5) is 32.6 Å². The zero-order valence-electron chi connectivity index (χ0n) is 52.5. The van der Waals surface area contributed by atoms with Gasteiger partial charge in [-0.3, -0.25) is 9.11 Å².